The Morgan fingerprint density at radius 3 is 2.77 bits per heavy atom. The normalized spacial score (nSPS) is 16.6. The summed E-state index contributed by atoms with van der Waals surface area (Å²) < 4.78 is 5.51. The molecule has 0 aliphatic heterocycles. The number of nitrogens with zero attached hydrogens (tertiary/aromatic N) is 4. The van der Waals surface area contributed by atoms with Gasteiger partial charge >= 0.3 is 0 Å². The van der Waals surface area contributed by atoms with Crippen molar-refractivity contribution in [2.75, 3.05) is 6.54 Å². The summed E-state index contributed by atoms with van der Waals surface area (Å²) in [5, 5.41) is 4.11. The van der Waals surface area contributed by atoms with E-state index in [1.165, 1.54) is 17.5 Å². The minimum Gasteiger partial charge on any atom is -0.337 e. The molecule has 0 saturated heterocycles. The minimum atomic E-state index is 0.523. The third kappa shape index (κ3) is 3.68. The Morgan fingerprint density at radius 1 is 1.12 bits per heavy atom. The van der Waals surface area contributed by atoms with Gasteiger partial charge in [-0.2, -0.15) is 4.98 Å². The lowest BCUT2D eigenvalue weighted by Crippen LogP contribution is -2.39. The highest BCUT2D eigenvalue weighted by Crippen LogP contribution is 2.26. The highest BCUT2D eigenvalue weighted by atomic mass is 16.5. The Bertz CT molecular complexity index is 846. The van der Waals surface area contributed by atoms with E-state index in [4.69, 9.17) is 4.52 Å². The molecule has 0 radical (unpaired) electrons. The van der Waals surface area contributed by atoms with Crippen LogP contribution in [0.25, 0.3) is 11.5 Å². The van der Waals surface area contributed by atoms with Crippen LogP contribution in [0.3, 0.4) is 0 Å². The van der Waals surface area contributed by atoms with Gasteiger partial charge in [0.05, 0.1) is 6.54 Å². The molecule has 5 nitrogen and oxygen atoms in total. The van der Waals surface area contributed by atoms with Crippen LogP contribution in [0.5, 0.6) is 0 Å². The molecule has 2 aromatic heterocycles. The lowest BCUT2D eigenvalue weighted by atomic mass is 9.87. The minimum absolute atomic E-state index is 0.523. The third-order valence-corrected chi connectivity index (χ3v) is 5.05. The summed E-state index contributed by atoms with van der Waals surface area (Å²) in [5.41, 5.74) is 3.72. The third-order valence-electron chi connectivity index (χ3n) is 5.05. The van der Waals surface area contributed by atoms with E-state index in [9.17, 15) is 0 Å². The topological polar surface area (TPSA) is 55.1 Å². The van der Waals surface area contributed by atoms with Crippen molar-refractivity contribution < 1.29 is 4.52 Å². The molecular weight excluding hydrogens is 324 g/mol. The SMILES string of the molecule is CCCN(Cc1nc(-c2ccccn2)no1)[C@@H]1CCc2ccccc2C1. The van der Waals surface area contributed by atoms with Gasteiger partial charge in [0.15, 0.2) is 0 Å². The summed E-state index contributed by atoms with van der Waals surface area (Å²) in [6.45, 7) is 3.95. The summed E-state index contributed by atoms with van der Waals surface area (Å²) in [6.07, 6.45) is 6.27. The van der Waals surface area contributed by atoms with Crippen molar-refractivity contribution in [2.45, 2.75) is 45.2 Å². The molecule has 1 atom stereocenters. The van der Waals surface area contributed by atoms with Crippen molar-refractivity contribution in [3.63, 3.8) is 0 Å². The monoisotopic (exact) mass is 348 g/mol. The van der Waals surface area contributed by atoms with Crippen LogP contribution in [0.1, 0.15) is 36.8 Å². The fourth-order valence-electron chi connectivity index (χ4n) is 3.76. The zero-order chi connectivity index (χ0) is 17.8. The van der Waals surface area contributed by atoms with Crippen LogP contribution < -0.4 is 0 Å². The van der Waals surface area contributed by atoms with Gasteiger partial charge in [0.1, 0.15) is 5.69 Å². The van der Waals surface area contributed by atoms with Crippen molar-refractivity contribution in [3.8, 4) is 11.5 Å². The van der Waals surface area contributed by atoms with Gasteiger partial charge in [0.25, 0.3) is 0 Å². The van der Waals surface area contributed by atoms with Crippen molar-refractivity contribution in [1.82, 2.24) is 20.0 Å². The molecule has 0 bridgehead atoms. The van der Waals surface area contributed by atoms with E-state index >= 15 is 0 Å². The molecule has 26 heavy (non-hydrogen) atoms. The summed E-state index contributed by atoms with van der Waals surface area (Å²) in [4.78, 5) is 11.3. The van der Waals surface area contributed by atoms with E-state index in [0.717, 1.165) is 31.5 Å². The first kappa shape index (κ1) is 16.9. The Morgan fingerprint density at radius 2 is 1.96 bits per heavy atom. The van der Waals surface area contributed by atoms with Gasteiger partial charge in [-0.15, -0.1) is 0 Å². The maximum atomic E-state index is 5.51. The molecule has 0 saturated carbocycles. The van der Waals surface area contributed by atoms with Crippen molar-refractivity contribution in [1.29, 1.82) is 0 Å². The summed E-state index contributed by atoms with van der Waals surface area (Å²) in [7, 11) is 0. The Kier molecular flexibility index (Phi) is 5.07. The number of fused-ring (bicyclic) bond motifs is 1. The molecule has 0 amide bonds. The van der Waals surface area contributed by atoms with Gasteiger partial charge in [-0.3, -0.25) is 9.88 Å². The fourth-order valence-corrected chi connectivity index (χ4v) is 3.76. The number of rotatable bonds is 6. The maximum Gasteiger partial charge on any atom is 0.241 e. The molecule has 3 aromatic rings. The number of pyridine rings is 1. The van der Waals surface area contributed by atoms with Crippen LogP contribution in [0.4, 0.5) is 0 Å². The molecule has 1 aliphatic carbocycles. The predicted molar refractivity (Wildman–Crippen MR) is 100 cm³/mol. The lowest BCUT2D eigenvalue weighted by Gasteiger charge is -2.34. The van der Waals surface area contributed by atoms with E-state index in [1.807, 2.05) is 18.2 Å². The summed E-state index contributed by atoms with van der Waals surface area (Å²) in [6, 6.07) is 15.0. The van der Waals surface area contributed by atoms with Crippen LogP contribution in [0, 0.1) is 0 Å². The van der Waals surface area contributed by atoms with E-state index in [0.29, 0.717) is 24.3 Å². The van der Waals surface area contributed by atoms with Gasteiger partial charge < -0.3 is 4.52 Å². The van der Waals surface area contributed by atoms with E-state index < -0.39 is 0 Å². The molecule has 0 fully saturated rings. The second kappa shape index (κ2) is 7.79. The first-order chi connectivity index (χ1) is 12.8. The lowest BCUT2D eigenvalue weighted by molar-refractivity contribution is 0.151. The number of benzene rings is 1. The average Bonchev–Trinajstić information content (AvgIpc) is 3.17. The highest BCUT2D eigenvalue weighted by Gasteiger charge is 2.25. The summed E-state index contributed by atoms with van der Waals surface area (Å²) >= 11 is 0. The first-order valence-corrected chi connectivity index (χ1v) is 9.38. The molecule has 4 rings (SSSR count). The molecule has 1 aromatic carbocycles. The van der Waals surface area contributed by atoms with Gasteiger partial charge in [0, 0.05) is 12.2 Å². The Labute approximate surface area is 154 Å². The maximum absolute atomic E-state index is 5.51. The van der Waals surface area contributed by atoms with Crippen LogP contribution in [-0.4, -0.2) is 32.6 Å². The van der Waals surface area contributed by atoms with Gasteiger partial charge in [-0.1, -0.05) is 42.4 Å². The molecule has 134 valence electrons. The van der Waals surface area contributed by atoms with Crippen LogP contribution in [-0.2, 0) is 19.4 Å². The average molecular weight is 348 g/mol. The predicted octanol–water partition coefficient (Wildman–Crippen LogP) is 3.90. The second-order valence-electron chi connectivity index (χ2n) is 6.86. The zero-order valence-corrected chi connectivity index (χ0v) is 15.1. The quantitative estimate of drug-likeness (QED) is 0.676. The number of aromatic nitrogens is 3. The number of hydrogen-bond donors (Lipinski definition) is 0. The molecule has 0 spiro atoms. The Hall–Kier alpha value is -2.53. The van der Waals surface area contributed by atoms with Crippen LogP contribution in [0.15, 0.2) is 53.2 Å². The van der Waals surface area contributed by atoms with Gasteiger partial charge in [0.2, 0.25) is 11.7 Å². The zero-order valence-electron chi connectivity index (χ0n) is 15.1. The molecule has 0 N–H and O–H groups in total. The largest absolute Gasteiger partial charge is 0.337 e. The van der Waals surface area contributed by atoms with E-state index in [1.54, 1.807) is 6.20 Å². The molecule has 0 unspecified atom stereocenters. The number of hydrogen-bond acceptors (Lipinski definition) is 5. The Balaban J connectivity index is 1.49. The standard InChI is InChI=1S/C21H24N4O/c1-2-13-25(18-11-10-16-7-3-4-8-17(16)14-18)15-20-23-21(24-26-20)19-9-5-6-12-22-19/h3-9,12,18H,2,10-11,13-15H2,1H3/t18-/m1/s1. The van der Waals surface area contributed by atoms with Crippen LogP contribution in [0.2, 0.25) is 0 Å². The molecule has 2 heterocycles. The van der Waals surface area contributed by atoms with Crippen molar-refractivity contribution in [3.05, 3.63) is 65.7 Å². The van der Waals surface area contributed by atoms with Crippen LogP contribution >= 0.6 is 0 Å². The van der Waals surface area contributed by atoms with E-state index in [2.05, 4.69) is 51.2 Å². The van der Waals surface area contributed by atoms with E-state index in [-0.39, 0.29) is 0 Å². The highest BCUT2D eigenvalue weighted by molar-refractivity contribution is 5.47. The van der Waals surface area contributed by atoms with Crippen molar-refractivity contribution >= 4 is 0 Å². The first-order valence-electron chi connectivity index (χ1n) is 9.38. The van der Waals surface area contributed by atoms with Gasteiger partial charge in [-0.25, -0.2) is 0 Å². The molecule has 5 heteroatoms. The second-order valence-corrected chi connectivity index (χ2v) is 6.86. The summed E-state index contributed by atoms with van der Waals surface area (Å²) in [5.74, 6) is 1.23. The molecule has 1 aliphatic rings. The van der Waals surface area contributed by atoms with Crippen molar-refractivity contribution in [2.24, 2.45) is 0 Å². The fraction of sp³-hybridized carbons (Fsp3) is 0.381. The molecular formula is C21H24N4O. The smallest absolute Gasteiger partial charge is 0.241 e. The number of aryl methyl sites for hydroxylation is 1. The van der Waals surface area contributed by atoms with Gasteiger partial charge in [-0.05, 0) is 55.5 Å².